The van der Waals surface area contributed by atoms with Gasteiger partial charge in [-0.25, -0.2) is 0 Å². The highest BCUT2D eigenvalue weighted by molar-refractivity contribution is 4.70. The Hall–Kier alpha value is -0.0800. The Bertz CT molecular complexity index is 147. The predicted molar refractivity (Wildman–Crippen MR) is 62.3 cm³/mol. The Morgan fingerprint density at radius 1 is 1.43 bits per heavy atom. The Morgan fingerprint density at radius 3 is 2.93 bits per heavy atom. The van der Waals surface area contributed by atoms with Crippen molar-refractivity contribution in [3.63, 3.8) is 0 Å². The van der Waals surface area contributed by atoms with Crippen molar-refractivity contribution in [3.8, 4) is 0 Å². The number of hydrogen-bond acceptors (Lipinski definition) is 2. The second-order valence-corrected chi connectivity index (χ2v) is 5.04. The van der Waals surface area contributed by atoms with Crippen LogP contribution < -0.4 is 5.73 Å². The van der Waals surface area contributed by atoms with E-state index in [2.05, 4.69) is 18.9 Å². The molecule has 1 heterocycles. The minimum atomic E-state index is 0.712. The molecule has 1 rings (SSSR count). The second kappa shape index (κ2) is 6.41. The highest BCUT2D eigenvalue weighted by Gasteiger charge is 2.15. The maximum absolute atomic E-state index is 5.64. The third-order valence-electron chi connectivity index (χ3n) is 3.44. The van der Waals surface area contributed by atoms with E-state index in [-0.39, 0.29) is 0 Å². The van der Waals surface area contributed by atoms with E-state index in [9.17, 15) is 0 Å². The van der Waals surface area contributed by atoms with Gasteiger partial charge in [0.25, 0.3) is 0 Å². The van der Waals surface area contributed by atoms with Crippen molar-refractivity contribution in [1.82, 2.24) is 4.90 Å². The van der Waals surface area contributed by atoms with Gasteiger partial charge < -0.3 is 10.6 Å². The van der Waals surface area contributed by atoms with Gasteiger partial charge >= 0.3 is 0 Å². The second-order valence-electron chi connectivity index (χ2n) is 5.04. The van der Waals surface area contributed by atoms with Gasteiger partial charge in [-0.3, -0.25) is 0 Å². The minimum absolute atomic E-state index is 0.712. The van der Waals surface area contributed by atoms with Crippen LogP contribution in [0.25, 0.3) is 0 Å². The van der Waals surface area contributed by atoms with Gasteiger partial charge in [-0.15, -0.1) is 0 Å². The van der Waals surface area contributed by atoms with Crippen molar-refractivity contribution in [2.45, 2.75) is 39.0 Å². The fraction of sp³-hybridized carbons (Fsp3) is 1.00. The zero-order chi connectivity index (χ0) is 10.4. The third-order valence-corrected chi connectivity index (χ3v) is 3.44. The molecule has 2 N–H and O–H groups in total. The summed E-state index contributed by atoms with van der Waals surface area (Å²) in [5, 5.41) is 0. The summed E-state index contributed by atoms with van der Waals surface area (Å²) in [4.78, 5) is 2.49. The van der Waals surface area contributed by atoms with Gasteiger partial charge in [0.05, 0.1) is 0 Å². The molecular weight excluding hydrogens is 172 g/mol. The predicted octanol–water partition coefficient (Wildman–Crippen LogP) is 2.09. The first-order valence-electron chi connectivity index (χ1n) is 6.11. The van der Waals surface area contributed by atoms with Gasteiger partial charge in [-0.2, -0.15) is 0 Å². The quantitative estimate of drug-likeness (QED) is 0.749. The number of hydrogen-bond donors (Lipinski definition) is 1. The lowest BCUT2D eigenvalue weighted by Crippen LogP contribution is -2.24. The highest BCUT2D eigenvalue weighted by Crippen LogP contribution is 2.21. The first kappa shape index (κ1) is 12.0. The molecule has 2 unspecified atom stereocenters. The fourth-order valence-corrected chi connectivity index (χ4v) is 2.31. The van der Waals surface area contributed by atoms with Gasteiger partial charge in [0.1, 0.15) is 0 Å². The van der Waals surface area contributed by atoms with Crippen LogP contribution in [0.15, 0.2) is 0 Å². The number of likely N-dealkylation sites (tertiary alicyclic amines) is 1. The van der Waals surface area contributed by atoms with Crippen LogP contribution in [0, 0.1) is 11.8 Å². The van der Waals surface area contributed by atoms with Crippen LogP contribution >= 0.6 is 0 Å². The Balaban J connectivity index is 2.21. The molecule has 0 aromatic carbocycles. The summed E-state index contributed by atoms with van der Waals surface area (Å²) >= 11 is 0. The molecule has 2 heteroatoms. The largest absolute Gasteiger partial charge is 0.330 e. The molecular formula is C12H26N2. The Labute approximate surface area is 88.8 Å². The third kappa shape index (κ3) is 4.43. The topological polar surface area (TPSA) is 29.3 Å². The average Bonchev–Trinajstić information content (AvgIpc) is 2.39. The van der Waals surface area contributed by atoms with E-state index in [0.29, 0.717) is 5.92 Å². The zero-order valence-corrected chi connectivity index (χ0v) is 9.84. The van der Waals surface area contributed by atoms with Gasteiger partial charge in [-0.1, -0.05) is 13.3 Å². The van der Waals surface area contributed by atoms with Gasteiger partial charge in [-0.05, 0) is 57.7 Å². The number of nitrogens with two attached hydrogens (primary N) is 1. The molecule has 14 heavy (non-hydrogen) atoms. The monoisotopic (exact) mass is 198 g/mol. The van der Waals surface area contributed by atoms with E-state index >= 15 is 0 Å². The van der Waals surface area contributed by atoms with Crippen molar-refractivity contribution in [1.29, 1.82) is 0 Å². The highest BCUT2D eigenvalue weighted by atomic mass is 15.1. The molecule has 0 spiro atoms. The first-order valence-corrected chi connectivity index (χ1v) is 6.11. The van der Waals surface area contributed by atoms with Crippen LogP contribution in [0.3, 0.4) is 0 Å². The van der Waals surface area contributed by atoms with Crippen LogP contribution in [-0.2, 0) is 0 Å². The van der Waals surface area contributed by atoms with E-state index in [4.69, 9.17) is 5.73 Å². The molecule has 0 aromatic heterocycles. The van der Waals surface area contributed by atoms with Gasteiger partial charge in [0.15, 0.2) is 0 Å². The van der Waals surface area contributed by atoms with E-state index in [1.54, 1.807) is 0 Å². The van der Waals surface area contributed by atoms with Crippen LogP contribution in [0.2, 0.25) is 0 Å². The maximum Gasteiger partial charge on any atom is 0.000661 e. The molecule has 0 amide bonds. The smallest absolute Gasteiger partial charge is 0.000661 e. The van der Waals surface area contributed by atoms with Gasteiger partial charge in [0.2, 0.25) is 0 Å². The molecule has 1 fully saturated rings. The van der Waals surface area contributed by atoms with Crippen molar-refractivity contribution < 1.29 is 0 Å². The molecule has 2 nitrogen and oxygen atoms in total. The summed E-state index contributed by atoms with van der Waals surface area (Å²) in [6.07, 6.45) is 6.94. The summed E-state index contributed by atoms with van der Waals surface area (Å²) in [6, 6.07) is 0. The van der Waals surface area contributed by atoms with E-state index in [1.165, 1.54) is 45.2 Å². The standard InChI is InChI=1S/C12H26N2/c1-11(9-13)6-7-12-5-3-4-8-14(2)10-12/h11-12H,3-10,13H2,1-2H3. The summed E-state index contributed by atoms with van der Waals surface area (Å²) in [7, 11) is 2.25. The molecule has 1 aliphatic rings. The SMILES string of the molecule is CC(CN)CCC1CCCCN(C)C1. The normalized spacial score (nSPS) is 27.2. The molecule has 0 aromatic rings. The van der Waals surface area contributed by atoms with Crippen LogP contribution in [-0.4, -0.2) is 31.6 Å². The maximum atomic E-state index is 5.64. The zero-order valence-electron chi connectivity index (χ0n) is 9.84. The Kier molecular flexibility index (Phi) is 5.49. The molecule has 1 saturated heterocycles. The molecule has 84 valence electrons. The minimum Gasteiger partial charge on any atom is -0.330 e. The number of nitrogens with zero attached hydrogens (tertiary/aromatic N) is 1. The molecule has 1 aliphatic heterocycles. The van der Waals surface area contributed by atoms with Crippen LogP contribution in [0.4, 0.5) is 0 Å². The summed E-state index contributed by atoms with van der Waals surface area (Å²) in [6.45, 7) is 5.71. The van der Waals surface area contributed by atoms with Crippen molar-refractivity contribution in [2.75, 3.05) is 26.7 Å². The molecule has 0 aliphatic carbocycles. The Morgan fingerprint density at radius 2 is 2.21 bits per heavy atom. The van der Waals surface area contributed by atoms with Crippen LogP contribution in [0.1, 0.15) is 39.0 Å². The molecule has 0 bridgehead atoms. The summed E-state index contributed by atoms with van der Waals surface area (Å²) in [5.41, 5.74) is 5.64. The summed E-state index contributed by atoms with van der Waals surface area (Å²) in [5.74, 6) is 1.64. The molecule has 2 atom stereocenters. The summed E-state index contributed by atoms with van der Waals surface area (Å²) < 4.78 is 0. The van der Waals surface area contributed by atoms with E-state index in [1.807, 2.05) is 0 Å². The lowest BCUT2D eigenvalue weighted by molar-refractivity contribution is 0.279. The van der Waals surface area contributed by atoms with Crippen molar-refractivity contribution >= 4 is 0 Å². The first-order chi connectivity index (χ1) is 6.72. The number of rotatable bonds is 4. The van der Waals surface area contributed by atoms with Crippen molar-refractivity contribution in [2.24, 2.45) is 17.6 Å². The lowest BCUT2D eigenvalue weighted by Gasteiger charge is -2.20. The van der Waals surface area contributed by atoms with Crippen molar-refractivity contribution in [3.05, 3.63) is 0 Å². The molecule has 0 saturated carbocycles. The van der Waals surface area contributed by atoms with E-state index in [0.717, 1.165) is 12.5 Å². The van der Waals surface area contributed by atoms with Crippen LogP contribution in [0.5, 0.6) is 0 Å². The van der Waals surface area contributed by atoms with Gasteiger partial charge in [0, 0.05) is 6.54 Å². The lowest BCUT2D eigenvalue weighted by atomic mass is 9.93. The fourth-order valence-electron chi connectivity index (χ4n) is 2.31. The molecule has 0 radical (unpaired) electrons. The van der Waals surface area contributed by atoms with E-state index < -0.39 is 0 Å². The average molecular weight is 198 g/mol.